The lowest BCUT2D eigenvalue weighted by Gasteiger charge is -2.06. The molecule has 2 aromatic rings. The third-order valence-corrected chi connectivity index (χ3v) is 3.47. The monoisotopic (exact) mass is 309 g/mol. The third kappa shape index (κ3) is 6.39. The Hall–Kier alpha value is -2.55. The van der Waals surface area contributed by atoms with Gasteiger partial charge in [0, 0.05) is 12.7 Å². The van der Waals surface area contributed by atoms with E-state index < -0.39 is 0 Å². The molecule has 0 atom stereocenters. The fourth-order valence-corrected chi connectivity index (χ4v) is 2.16. The number of unbranched alkanes of at least 4 members (excludes halogenated alkanes) is 1. The van der Waals surface area contributed by atoms with E-state index in [1.807, 2.05) is 24.3 Å². The van der Waals surface area contributed by atoms with Crippen LogP contribution in [0.5, 0.6) is 5.75 Å². The third-order valence-electron chi connectivity index (χ3n) is 3.47. The Labute approximate surface area is 138 Å². The highest BCUT2D eigenvalue weighted by Gasteiger charge is 2.06. The van der Waals surface area contributed by atoms with Crippen LogP contribution in [0.4, 0.5) is 0 Å². The van der Waals surface area contributed by atoms with E-state index >= 15 is 0 Å². The number of nitrogens with one attached hydrogen (secondary N) is 1. The largest absolute Gasteiger partial charge is 0.423 e. The number of hydrogen-bond acceptors (Lipinski definition) is 3. The lowest BCUT2D eigenvalue weighted by Crippen LogP contribution is -2.14. The molecule has 0 unspecified atom stereocenters. The maximum absolute atomic E-state index is 11.9. The van der Waals surface area contributed by atoms with Crippen LogP contribution in [0.15, 0.2) is 72.4 Å². The van der Waals surface area contributed by atoms with Gasteiger partial charge in [-0.1, -0.05) is 48.5 Å². The van der Waals surface area contributed by atoms with E-state index in [9.17, 15) is 4.79 Å². The van der Waals surface area contributed by atoms with E-state index in [0.717, 1.165) is 25.8 Å². The first-order chi connectivity index (χ1) is 11.3. The summed E-state index contributed by atoms with van der Waals surface area (Å²) in [6, 6.07) is 19.6. The molecule has 1 N–H and O–H groups in total. The SMILES string of the molecule is C/C(=C\NCCCCc1ccccc1)C(=O)Oc1ccccc1. The second-order valence-corrected chi connectivity index (χ2v) is 5.43. The topological polar surface area (TPSA) is 38.3 Å². The molecular formula is C20H23NO2. The number of para-hydroxylation sites is 1. The van der Waals surface area contributed by atoms with Gasteiger partial charge in [-0.05, 0) is 43.9 Å². The lowest BCUT2D eigenvalue weighted by atomic mass is 10.1. The molecule has 0 aliphatic heterocycles. The molecule has 23 heavy (non-hydrogen) atoms. The number of carbonyl (C=O) groups is 1. The molecule has 0 saturated heterocycles. The quantitative estimate of drug-likeness (QED) is 0.345. The van der Waals surface area contributed by atoms with Crippen LogP contribution in [0.1, 0.15) is 25.3 Å². The van der Waals surface area contributed by atoms with Crippen LogP contribution in [0.2, 0.25) is 0 Å². The summed E-state index contributed by atoms with van der Waals surface area (Å²) < 4.78 is 5.26. The van der Waals surface area contributed by atoms with Crippen molar-refractivity contribution < 1.29 is 9.53 Å². The van der Waals surface area contributed by atoms with Crippen molar-refractivity contribution in [3.05, 3.63) is 78.0 Å². The number of benzene rings is 2. The fraction of sp³-hybridized carbons (Fsp3) is 0.250. The highest BCUT2D eigenvalue weighted by atomic mass is 16.5. The minimum Gasteiger partial charge on any atom is -0.423 e. The molecule has 0 spiro atoms. The molecule has 0 fully saturated rings. The summed E-state index contributed by atoms with van der Waals surface area (Å²) in [7, 11) is 0. The van der Waals surface area contributed by atoms with Gasteiger partial charge in [-0.3, -0.25) is 0 Å². The summed E-state index contributed by atoms with van der Waals surface area (Å²) in [6.45, 7) is 2.60. The number of rotatable bonds is 8. The van der Waals surface area contributed by atoms with E-state index in [1.165, 1.54) is 5.56 Å². The van der Waals surface area contributed by atoms with Crippen molar-refractivity contribution >= 4 is 5.97 Å². The Bertz CT molecular complexity index is 621. The Morgan fingerprint density at radius 2 is 1.65 bits per heavy atom. The fourth-order valence-electron chi connectivity index (χ4n) is 2.16. The van der Waals surface area contributed by atoms with Crippen molar-refractivity contribution in [1.29, 1.82) is 0 Å². The van der Waals surface area contributed by atoms with Crippen LogP contribution in [-0.4, -0.2) is 12.5 Å². The second-order valence-electron chi connectivity index (χ2n) is 5.43. The number of aryl methyl sites for hydroxylation is 1. The average Bonchev–Trinajstić information content (AvgIpc) is 2.59. The second kappa shape index (κ2) is 9.46. The molecule has 0 aliphatic rings. The van der Waals surface area contributed by atoms with Gasteiger partial charge in [0.15, 0.2) is 0 Å². The highest BCUT2D eigenvalue weighted by molar-refractivity contribution is 5.89. The van der Waals surface area contributed by atoms with Crippen LogP contribution in [0.3, 0.4) is 0 Å². The normalized spacial score (nSPS) is 11.1. The van der Waals surface area contributed by atoms with E-state index in [0.29, 0.717) is 11.3 Å². The first-order valence-electron chi connectivity index (χ1n) is 7.97. The van der Waals surface area contributed by atoms with Crippen molar-refractivity contribution in [1.82, 2.24) is 5.32 Å². The van der Waals surface area contributed by atoms with Gasteiger partial charge in [-0.2, -0.15) is 0 Å². The van der Waals surface area contributed by atoms with Gasteiger partial charge in [-0.15, -0.1) is 0 Å². The van der Waals surface area contributed by atoms with Gasteiger partial charge in [0.1, 0.15) is 5.75 Å². The van der Waals surface area contributed by atoms with Crippen molar-refractivity contribution in [3.63, 3.8) is 0 Å². The maximum atomic E-state index is 11.9. The van der Waals surface area contributed by atoms with Crippen molar-refractivity contribution in [2.24, 2.45) is 0 Å². The zero-order valence-corrected chi connectivity index (χ0v) is 13.5. The van der Waals surface area contributed by atoms with Crippen LogP contribution < -0.4 is 10.1 Å². The first kappa shape index (κ1) is 16.8. The maximum Gasteiger partial charge on any atom is 0.340 e. The molecule has 0 heterocycles. The van der Waals surface area contributed by atoms with Crippen LogP contribution in [0, 0.1) is 0 Å². The summed E-state index contributed by atoms with van der Waals surface area (Å²) in [5.41, 5.74) is 1.93. The summed E-state index contributed by atoms with van der Waals surface area (Å²) in [5, 5.41) is 3.18. The Kier molecular flexibility index (Phi) is 6.92. The number of esters is 1. The molecular weight excluding hydrogens is 286 g/mol. The molecule has 3 heteroatoms. The van der Waals surface area contributed by atoms with Gasteiger partial charge in [0.2, 0.25) is 0 Å². The minimum atomic E-state index is -0.326. The molecule has 2 rings (SSSR count). The molecule has 0 radical (unpaired) electrons. The van der Waals surface area contributed by atoms with E-state index in [4.69, 9.17) is 4.74 Å². The van der Waals surface area contributed by atoms with Crippen LogP contribution in [0.25, 0.3) is 0 Å². The zero-order valence-electron chi connectivity index (χ0n) is 13.5. The Balaban J connectivity index is 1.63. The van der Waals surface area contributed by atoms with Crippen molar-refractivity contribution in [2.75, 3.05) is 6.54 Å². The van der Waals surface area contributed by atoms with Gasteiger partial charge < -0.3 is 10.1 Å². The molecule has 3 nitrogen and oxygen atoms in total. The molecule has 0 aromatic heterocycles. The summed E-state index contributed by atoms with van der Waals surface area (Å²) >= 11 is 0. The van der Waals surface area contributed by atoms with Crippen molar-refractivity contribution in [2.45, 2.75) is 26.2 Å². The van der Waals surface area contributed by atoms with Crippen LogP contribution >= 0.6 is 0 Å². The van der Waals surface area contributed by atoms with E-state index in [1.54, 1.807) is 25.3 Å². The molecule has 120 valence electrons. The van der Waals surface area contributed by atoms with Crippen LogP contribution in [-0.2, 0) is 11.2 Å². The van der Waals surface area contributed by atoms with E-state index in [-0.39, 0.29) is 5.97 Å². The predicted molar refractivity (Wildman–Crippen MR) is 93.2 cm³/mol. The molecule has 0 aliphatic carbocycles. The van der Waals surface area contributed by atoms with Crippen molar-refractivity contribution in [3.8, 4) is 5.75 Å². The highest BCUT2D eigenvalue weighted by Crippen LogP contribution is 2.10. The summed E-state index contributed by atoms with van der Waals surface area (Å²) in [5.74, 6) is 0.237. The average molecular weight is 309 g/mol. The lowest BCUT2D eigenvalue weighted by molar-refractivity contribution is -0.130. The number of ether oxygens (including phenoxy) is 1. The molecule has 0 bridgehead atoms. The standard InChI is InChI=1S/C20H23NO2/c1-17(20(22)23-19-13-6-3-7-14-19)16-21-15-9-8-12-18-10-4-2-5-11-18/h2-7,10-11,13-14,16,21H,8-9,12,15H2,1H3/b17-16+. The number of carbonyl (C=O) groups excluding carboxylic acids is 1. The first-order valence-corrected chi connectivity index (χ1v) is 7.97. The van der Waals surface area contributed by atoms with E-state index in [2.05, 4.69) is 29.6 Å². The van der Waals surface area contributed by atoms with Gasteiger partial charge in [0.25, 0.3) is 0 Å². The predicted octanol–water partition coefficient (Wildman–Crippen LogP) is 4.11. The molecule has 0 saturated carbocycles. The summed E-state index contributed by atoms with van der Waals surface area (Å²) in [4.78, 5) is 11.9. The molecule has 0 amide bonds. The minimum absolute atomic E-state index is 0.326. The van der Waals surface area contributed by atoms with Gasteiger partial charge >= 0.3 is 5.97 Å². The van der Waals surface area contributed by atoms with Gasteiger partial charge in [-0.25, -0.2) is 4.79 Å². The number of hydrogen-bond donors (Lipinski definition) is 1. The Morgan fingerprint density at radius 3 is 2.35 bits per heavy atom. The molecule has 2 aromatic carbocycles. The Morgan fingerprint density at radius 1 is 1.00 bits per heavy atom. The zero-order chi connectivity index (χ0) is 16.3. The smallest absolute Gasteiger partial charge is 0.340 e. The summed E-state index contributed by atoms with van der Waals surface area (Å²) in [6.07, 6.45) is 5.00. The van der Waals surface area contributed by atoms with Gasteiger partial charge in [0.05, 0.1) is 5.57 Å².